The molecule has 0 bridgehead atoms. The van der Waals surface area contributed by atoms with Crippen molar-refractivity contribution in [1.82, 2.24) is 5.32 Å². The first-order valence-electron chi connectivity index (χ1n) is 8.26. The first-order valence-corrected chi connectivity index (χ1v) is 8.26. The van der Waals surface area contributed by atoms with Gasteiger partial charge in [-0.05, 0) is 29.9 Å². The van der Waals surface area contributed by atoms with E-state index in [9.17, 15) is 0 Å². The van der Waals surface area contributed by atoms with Crippen LogP contribution in [0.1, 0.15) is 49.1 Å². The lowest BCUT2D eigenvalue weighted by Gasteiger charge is -2.27. The van der Waals surface area contributed by atoms with Gasteiger partial charge in [0.15, 0.2) is 0 Å². The fourth-order valence-electron chi connectivity index (χ4n) is 3.50. The van der Waals surface area contributed by atoms with E-state index in [-0.39, 0.29) is 0 Å². The smallest absolute Gasteiger partial charge is 0.0208 e. The van der Waals surface area contributed by atoms with Gasteiger partial charge in [0.1, 0.15) is 0 Å². The Morgan fingerprint density at radius 2 is 1.43 bits per heavy atom. The topological polar surface area (TPSA) is 12.0 Å². The molecule has 1 saturated carbocycles. The Labute approximate surface area is 128 Å². The molecule has 21 heavy (non-hydrogen) atoms. The highest BCUT2D eigenvalue weighted by molar-refractivity contribution is 5.22. The second kappa shape index (κ2) is 7.42. The van der Waals surface area contributed by atoms with E-state index in [1.807, 2.05) is 0 Å². The molecule has 1 heteroatoms. The summed E-state index contributed by atoms with van der Waals surface area (Å²) < 4.78 is 0. The van der Waals surface area contributed by atoms with Gasteiger partial charge in [0.25, 0.3) is 0 Å². The molecule has 0 saturated heterocycles. The third-order valence-electron chi connectivity index (χ3n) is 4.65. The molecule has 1 nitrogen and oxygen atoms in total. The van der Waals surface area contributed by atoms with Crippen molar-refractivity contribution in [3.05, 3.63) is 71.8 Å². The van der Waals surface area contributed by atoms with Gasteiger partial charge in [-0.1, -0.05) is 79.9 Å². The predicted molar refractivity (Wildman–Crippen MR) is 89.3 cm³/mol. The van der Waals surface area contributed by atoms with Crippen molar-refractivity contribution in [1.29, 1.82) is 0 Å². The zero-order valence-electron chi connectivity index (χ0n) is 12.7. The normalized spacial score (nSPS) is 22.7. The second-order valence-corrected chi connectivity index (χ2v) is 6.13. The number of hydrogen-bond acceptors (Lipinski definition) is 1. The van der Waals surface area contributed by atoms with Gasteiger partial charge in [-0.3, -0.25) is 0 Å². The molecule has 0 radical (unpaired) electrons. The number of rotatable bonds is 4. The Bertz CT molecular complexity index is 520. The zero-order chi connectivity index (χ0) is 14.3. The highest BCUT2D eigenvalue weighted by atomic mass is 14.9. The third kappa shape index (κ3) is 3.95. The van der Waals surface area contributed by atoms with Crippen LogP contribution >= 0.6 is 0 Å². The van der Waals surface area contributed by atoms with E-state index in [0.717, 1.165) is 6.54 Å². The van der Waals surface area contributed by atoms with Crippen LogP contribution in [0, 0.1) is 0 Å². The van der Waals surface area contributed by atoms with Crippen LogP contribution in [0.3, 0.4) is 0 Å². The average molecular weight is 279 g/mol. The Morgan fingerprint density at radius 1 is 0.762 bits per heavy atom. The summed E-state index contributed by atoms with van der Waals surface area (Å²) in [5, 5.41) is 3.83. The van der Waals surface area contributed by atoms with E-state index < -0.39 is 0 Å². The van der Waals surface area contributed by atoms with Gasteiger partial charge in [-0.25, -0.2) is 0 Å². The Kier molecular flexibility index (Phi) is 5.07. The van der Waals surface area contributed by atoms with Crippen molar-refractivity contribution < 1.29 is 0 Å². The van der Waals surface area contributed by atoms with Crippen molar-refractivity contribution in [3.63, 3.8) is 0 Å². The van der Waals surface area contributed by atoms with E-state index in [0.29, 0.717) is 12.0 Å². The number of hydrogen-bond donors (Lipinski definition) is 1. The van der Waals surface area contributed by atoms with Gasteiger partial charge >= 0.3 is 0 Å². The van der Waals surface area contributed by atoms with Crippen LogP contribution in [-0.2, 0) is 6.54 Å². The maximum absolute atomic E-state index is 3.83. The number of benzene rings is 2. The Morgan fingerprint density at radius 3 is 2.19 bits per heavy atom. The molecule has 2 aromatic rings. The van der Waals surface area contributed by atoms with Crippen LogP contribution in [0.25, 0.3) is 0 Å². The van der Waals surface area contributed by atoms with Gasteiger partial charge in [0.2, 0.25) is 0 Å². The predicted octanol–water partition coefficient (Wildman–Crippen LogP) is 4.89. The summed E-state index contributed by atoms with van der Waals surface area (Å²) in [6.07, 6.45) is 6.72. The van der Waals surface area contributed by atoms with Crippen molar-refractivity contribution >= 4 is 0 Å². The molecule has 1 N–H and O–H groups in total. The van der Waals surface area contributed by atoms with Gasteiger partial charge in [-0.2, -0.15) is 0 Å². The molecule has 0 spiro atoms. The lowest BCUT2D eigenvalue weighted by molar-refractivity contribution is 0.409. The van der Waals surface area contributed by atoms with E-state index in [4.69, 9.17) is 0 Å². The van der Waals surface area contributed by atoms with Crippen molar-refractivity contribution in [3.8, 4) is 0 Å². The average Bonchev–Trinajstić information content (AvgIpc) is 2.80. The van der Waals surface area contributed by atoms with Crippen LogP contribution in [0.2, 0.25) is 0 Å². The maximum Gasteiger partial charge on any atom is 0.0208 e. The molecule has 0 unspecified atom stereocenters. The SMILES string of the molecule is c1ccc(CN[C@H]2CCCCC[C@H]2c2ccccc2)cc1. The fraction of sp³-hybridized carbons (Fsp3) is 0.400. The molecule has 2 aromatic carbocycles. The molecule has 0 heterocycles. The minimum absolute atomic E-state index is 0.607. The van der Waals surface area contributed by atoms with Crippen LogP contribution < -0.4 is 5.32 Å². The third-order valence-corrected chi connectivity index (χ3v) is 4.65. The molecule has 0 aromatic heterocycles. The lowest BCUT2D eigenvalue weighted by atomic mass is 9.87. The first kappa shape index (κ1) is 14.3. The fourth-order valence-corrected chi connectivity index (χ4v) is 3.50. The quantitative estimate of drug-likeness (QED) is 0.785. The summed E-state index contributed by atoms with van der Waals surface area (Å²) in [5.74, 6) is 0.664. The molecule has 1 fully saturated rings. The van der Waals surface area contributed by atoms with Gasteiger partial charge in [0.05, 0.1) is 0 Å². The van der Waals surface area contributed by atoms with Gasteiger partial charge < -0.3 is 5.32 Å². The highest BCUT2D eigenvalue weighted by Crippen LogP contribution is 2.32. The van der Waals surface area contributed by atoms with Crippen molar-refractivity contribution in [2.45, 2.75) is 50.6 Å². The summed E-state index contributed by atoms with van der Waals surface area (Å²) in [5.41, 5.74) is 2.89. The van der Waals surface area contributed by atoms with Crippen molar-refractivity contribution in [2.75, 3.05) is 0 Å². The molecular weight excluding hydrogens is 254 g/mol. The van der Waals surface area contributed by atoms with Gasteiger partial charge in [-0.15, -0.1) is 0 Å². The summed E-state index contributed by atoms with van der Waals surface area (Å²) in [7, 11) is 0. The lowest BCUT2D eigenvalue weighted by Crippen LogP contribution is -2.33. The van der Waals surface area contributed by atoms with Crippen LogP contribution in [0.4, 0.5) is 0 Å². The summed E-state index contributed by atoms with van der Waals surface area (Å²) in [4.78, 5) is 0. The molecule has 2 atom stereocenters. The summed E-state index contributed by atoms with van der Waals surface area (Å²) >= 11 is 0. The van der Waals surface area contributed by atoms with Crippen LogP contribution in [0.15, 0.2) is 60.7 Å². The minimum atomic E-state index is 0.607. The molecule has 0 amide bonds. The second-order valence-electron chi connectivity index (χ2n) is 6.13. The minimum Gasteiger partial charge on any atom is -0.309 e. The molecule has 1 aliphatic carbocycles. The number of nitrogens with one attached hydrogen (secondary N) is 1. The van der Waals surface area contributed by atoms with E-state index in [2.05, 4.69) is 66.0 Å². The van der Waals surface area contributed by atoms with E-state index in [1.54, 1.807) is 0 Å². The monoisotopic (exact) mass is 279 g/mol. The Hall–Kier alpha value is -1.60. The van der Waals surface area contributed by atoms with E-state index >= 15 is 0 Å². The summed E-state index contributed by atoms with van der Waals surface area (Å²) in [6, 6.07) is 22.4. The zero-order valence-corrected chi connectivity index (χ0v) is 12.7. The van der Waals surface area contributed by atoms with Crippen molar-refractivity contribution in [2.24, 2.45) is 0 Å². The highest BCUT2D eigenvalue weighted by Gasteiger charge is 2.24. The largest absolute Gasteiger partial charge is 0.309 e. The maximum atomic E-state index is 3.83. The first-order chi connectivity index (χ1) is 10.4. The van der Waals surface area contributed by atoms with Gasteiger partial charge in [0, 0.05) is 12.6 Å². The standard InChI is InChI=1S/C20H25N/c1-4-10-17(11-5-1)16-21-20-15-9-3-8-14-19(20)18-12-6-2-7-13-18/h1-2,4-7,10-13,19-21H,3,8-9,14-16H2/t19-,20-/m0/s1. The molecule has 110 valence electrons. The van der Waals surface area contributed by atoms with E-state index in [1.165, 1.54) is 43.2 Å². The van der Waals surface area contributed by atoms with Crippen LogP contribution in [-0.4, -0.2) is 6.04 Å². The molecule has 0 aliphatic heterocycles. The Balaban J connectivity index is 1.70. The molecule has 1 aliphatic rings. The summed E-state index contributed by atoms with van der Waals surface area (Å²) in [6.45, 7) is 0.981. The molecular formula is C20H25N. The van der Waals surface area contributed by atoms with Crippen LogP contribution in [0.5, 0.6) is 0 Å². The molecule has 3 rings (SSSR count).